The number of pyridine rings is 1. The molecule has 4 aromatic rings. The van der Waals surface area contributed by atoms with Gasteiger partial charge < -0.3 is 25.6 Å². The molecule has 2 aromatic carbocycles. The molecule has 3 heterocycles. The maximum Gasteiger partial charge on any atom is 0.251 e. The Kier molecular flexibility index (Phi) is 7.21. The Bertz CT molecular complexity index is 1760. The number of carbonyl (C=O) groups excluding carboxylic acids is 2. The van der Waals surface area contributed by atoms with Crippen LogP contribution in [0.5, 0.6) is 5.75 Å². The number of carbonyl (C=O) groups is 2. The number of nitrogens with zero attached hydrogens (tertiary/aromatic N) is 3. The van der Waals surface area contributed by atoms with E-state index in [-0.39, 0.29) is 43.1 Å². The van der Waals surface area contributed by atoms with Gasteiger partial charge in [-0.2, -0.15) is 5.10 Å². The van der Waals surface area contributed by atoms with E-state index in [0.717, 1.165) is 23.7 Å². The molecule has 1 aliphatic carbocycles. The van der Waals surface area contributed by atoms with Crippen LogP contribution in [-0.4, -0.2) is 62.1 Å². The molecule has 2 atom stereocenters. The smallest absolute Gasteiger partial charge is 0.251 e. The molecule has 1 fully saturated rings. The fourth-order valence-corrected chi connectivity index (χ4v) is 5.70. The highest BCUT2D eigenvalue weighted by Gasteiger charge is 2.50. The zero-order chi connectivity index (χ0) is 31.4. The lowest BCUT2D eigenvalue weighted by Gasteiger charge is -2.30. The minimum Gasteiger partial charge on any atom is -0.489 e. The number of aliphatic hydroxyl groups is 2. The van der Waals surface area contributed by atoms with Crippen molar-refractivity contribution in [3.63, 3.8) is 0 Å². The van der Waals surface area contributed by atoms with Crippen molar-refractivity contribution in [1.29, 1.82) is 0 Å². The van der Waals surface area contributed by atoms with Gasteiger partial charge in [-0.1, -0.05) is 0 Å². The summed E-state index contributed by atoms with van der Waals surface area (Å²) in [6.45, 7) is 4.86. The SMILES string of the molecule is Cn1cc2cc(C(=O)NCC(O)(c3cc4c(c(-c5ccc(F)cc5)n3)OC[C@]4(C)C(=O)NCC(C)(C)O)C3CC3)ccc2n1. The van der Waals surface area contributed by atoms with Crippen molar-refractivity contribution in [2.45, 2.75) is 50.2 Å². The van der Waals surface area contributed by atoms with Gasteiger partial charge in [0, 0.05) is 41.9 Å². The molecule has 44 heavy (non-hydrogen) atoms. The highest BCUT2D eigenvalue weighted by molar-refractivity contribution is 5.98. The molecule has 1 unspecified atom stereocenters. The molecule has 1 saturated carbocycles. The van der Waals surface area contributed by atoms with Gasteiger partial charge in [0.1, 0.15) is 34.9 Å². The third-order valence-electron chi connectivity index (χ3n) is 8.47. The Balaban J connectivity index is 1.38. The number of hydrogen-bond acceptors (Lipinski definition) is 7. The van der Waals surface area contributed by atoms with Gasteiger partial charge in [0.2, 0.25) is 5.91 Å². The van der Waals surface area contributed by atoms with Gasteiger partial charge in [-0.05, 0) is 88.1 Å². The van der Waals surface area contributed by atoms with Crippen molar-refractivity contribution < 1.29 is 28.9 Å². The first-order chi connectivity index (χ1) is 20.8. The van der Waals surface area contributed by atoms with Crippen molar-refractivity contribution in [1.82, 2.24) is 25.4 Å². The van der Waals surface area contributed by atoms with Gasteiger partial charge >= 0.3 is 0 Å². The van der Waals surface area contributed by atoms with Crippen LogP contribution >= 0.6 is 0 Å². The Morgan fingerprint density at radius 2 is 1.82 bits per heavy atom. The second-order valence-electron chi connectivity index (χ2n) is 12.8. The van der Waals surface area contributed by atoms with Crippen molar-refractivity contribution >= 4 is 22.7 Å². The predicted molar refractivity (Wildman–Crippen MR) is 161 cm³/mol. The van der Waals surface area contributed by atoms with E-state index in [4.69, 9.17) is 9.72 Å². The molecule has 6 rings (SSSR count). The van der Waals surface area contributed by atoms with Crippen LogP contribution in [0.4, 0.5) is 4.39 Å². The van der Waals surface area contributed by atoms with Gasteiger partial charge in [0.05, 0.1) is 23.4 Å². The van der Waals surface area contributed by atoms with E-state index < -0.39 is 22.4 Å². The predicted octanol–water partition coefficient (Wildman–Crippen LogP) is 3.34. The van der Waals surface area contributed by atoms with Crippen LogP contribution in [0.25, 0.3) is 22.2 Å². The summed E-state index contributed by atoms with van der Waals surface area (Å²) in [5.74, 6) is -0.926. The molecule has 2 aliphatic rings. The summed E-state index contributed by atoms with van der Waals surface area (Å²) in [6, 6.07) is 12.7. The highest BCUT2D eigenvalue weighted by atomic mass is 19.1. The molecule has 2 amide bonds. The maximum atomic E-state index is 13.9. The van der Waals surface area contributed by atoms with Crippen LogP contribution in [0.15, 0.2) is 54.7 Å². The normalized spacial score (nSPS) is 19.2. The van der Waals surface area contributed by atoms with Crippen molar-refractivity contribution in [2.24, 2.45) is 13.0 Å². The fourth-order valence-electron chi connectivity index (χ4n) is 5.70. The largest absolute Gasteiger partial charge is 0.489 e. The molecule has 10 nitrogen and oxygen atoms in total. The molecule has 230 valence electrons. The summed E-state index contributed by atoms with van der Waals surface area (Å²) in [4.78, 5) is 31.7. The second kappa shape index (κ2) is 10.7. The van der Waals surface area contributed by atoms with Crippen molar-refractivity contribution in [3.05, 3.63) is 77.4 Å². The Morgan fingerprint density at radius 1 is 1.09 bits per heavy atom. The quantitative estimate of drug-likeness (QED) is 0.231. The lowest BCUT2D eigenvalue weighted by Crippen LogP contribution is -2.48. The number of ether oxygens (including phenoxy) is 1. The molecule has 0 spiro atoms. The monoisotopic (exact) mass is 601 g/mol. The van der Waals surface area contributed by atoms with Gasteiger partial charge in [-0.25, -0.2) is 9.37 Å². The summed E-state index contributed by atoms with van der Waals surface area (Å²) < 4.78 is 21.6. The van der Waals surface area contributed by atoms with Crippen LogP contribution in [0.1, 0.15) is 55.2 Å². The number of hydrogen-bond donors (Lipinski definition) is 4. The number of amides is 2. The van der Waals surface area contributed by atoms with E-state index in [1.807, 2.05) is 13.2 Å². The Hall–Kier alpha value is -4.35. The summed E-state index contributed by atoms with van der Waals surface area (Å²) >= 11 is 0. The summed E-state index contributed by atoms with van der Waals surface area (Å²) in [7, 11) is 1.81. The lowest BCUT2D eigenvalue weighted by atomic mass is 9.80. The van der Waals surface area contributed by atoms with E-state index >= 15 is 0 Å². The number of aryl methyl sites for hydroxylation is 1. The lowest BCUT2D eigenvalue weighted by molar-refractivity contribution is -0.127. The van der Waals surface area contributed by atoms with E-state index in [1.54, 1.807) is 61.9 Å². The van der Waals surface area contributed by atoms with Crippen LogP contribution < -0.4 is 15.4 Å². The molecular weight excluding hydrogens is 565 g/mol. The summed E-state index contributed by atoms with van der Waals surface area (Å²) in [5.41, 5.74) is -0.918. The summed E-state index contributed by atoms with van der Waals surface area (Å²) in [6.07, 6.45) is 3.30. The zero-order valence-corrected chi connectivity index (χ0v) is 25.1. The molecule has 4 N–H and O–H groups in total. The summed E-state index contributed by atoms with van der Waals surface area (Å²) in [5, 5.41) is 33.3. The number of fused-ring (bicyclic) bond motifs is 2. The molecular formula is C33H36FN5O5. The van der Waals surface area contributed by atoms with E-state index in [1.165, 1.54) is 12.1 Å². The average molecular weight is 602 g/mol. The Morgan fingerprint density at radius 3 is 2.50 bits per heavy atom. The van der Waals surface area contributed by atoms with Crippen LogP contribution in [0, 0.1) is 11.7 Å². The van der Waals surface area contributed by atoms with Crippen LogP contribution in [0.2, 0.25) is 0 Å². The maximum absolute atomic E-state index is 13.9. The third-order valence-corrected chi connectivity index (χ3v) is 8.47. The van der Waals surface area contributed by atoms with Crippen molar-refractivity contribution in [3.8, 4) is 17.0 Å². The fraction of sp³-hybridized carbons (Fsp3) is 0.394. The highest BCUT2D eigenvalue weighted by Crippen LogP contribution is 2.50. The molecule has 1 aliphatic heterocycles. The van der Waals surface area contributed by atoms with E-state index in [0.29, 0.717) is 28.1 Å². The third kappa shape index (κ3) is 5.53. The first-order valence-electron chi connectivity index (χ1n) is 14.7. The van der Waals surface area contributed by atoms with Crippen LogP contribution in [0.3, 0.4) is 0 Å². The minimum absolute atomic E-state index is 0.00870. The number of nitrogens with one attached hydrogen (secondary N) is 2. The Labute approximate surface area is 254 Å². The van der Waals surface area contributed by atoms with E-state index in [2.05, 4.69) is 15.7 Å². The standard InChI is InChI=1S/C33H36FN5O5/c1-31(2,42)16-36-30(41)32(3)18-44-28-24(32)14-26(37-27(28)19-5-10-23(34)11-6-19)33(43,22-8-9-22)17-35-29(40)20-7-12-25-21(13-20)15-39(4)38-25/h5-7,10-15,22,42-43H,8-9,16-18H2,1-4H3,(H,35,40)(H,36,41)/t32-,33?/m0/s1. The van der Waals surface area contributed by atoms with Gasteiger partial charge in [0.25, 0.3) is 5.91 Å². The average Bonchev–Trinajstić information content (AvgIpc) is 3.70. The van der Waals surface area contributed by atoms with E-state index in [9.17, 15) is 24.2 Å². The van der Waals surface area contributed by atoms with Crippen molar-refractivity contribution in [2.75, 3.05) is 19.7 Å². The topological polar surface area (TPSA) is 139 Å². The molecule has 11 heteroatoms. The van der Waals surface area contributed by atoms with Gasteiger partial charge in [-0.3, -0.25) is 14.3 Å². The first kappa shape index (κ1) is 29.7. The minimum atomic E-state index is -1.55. The first-order valence-corrected chi connectivity index (χ1v) is 14.7. The van der Waals surface area contributed by atoms with Gasteiger partial charge in [0.15, 0.2) is 0 Å². The zero-order valence-electron chi connectivity index (χ0n) is 25.1. The molecule has 0 saturated heterocycles. The number of halogens is 1. The van der Waals surface area contributed by atoms with Crippen LogP contribution in [-0.2, 0) is 22.9 Å². The number of benzene rings is 2. The molecule has 2 aromatic heterocycles. The molecule has 0 bridgehead atoms. The number of rotatable bonds is 9. The van der Waals surface area contributed by atoms with Gasteiger partial charge in [-0.15, -0.1) is 0 Å². The second-order valence-corrected chi connectivity index (χ2v) is 12.8. The molecule has 0 radical (unpaired) electrons. The number of aromatic nitrogens is 3.